The van der Waals surface area contributed by atoms with Crippen molar-refractivity contribution >= 4 is 11.8 Å². The van der Waals surface area contributed by atoms with Gasteiger partial charge in [-0.05, 0) is 37.0 Å². The predicted octanol–water partition coefficient (Wildman–Crippen LogP) is 2.36. The van der Waals surface area contributed by atoms with E-state index in [1.165, 1.54) is 10.7 Å². The van der Waals surface area contributed by atoms with Gasteiger partial charge in [-0.2, -0.15) is 5.10 Å². The second-order valence-electron chi connectivity index (χ2n) is 6.03. The summed E-state index contributed by atoms with van der Waals surface area (Å²) in [6.45, 7) is 1.31. The van der Waals surface area contributed by atoms with Gasteiger partial charge in [0.2, 0.25) is 0 Å². The molecule has 1 aliphatic carbocycles. The van der Waals surface area contributed by atoms with Crippen molar-refractivity contribution in [3.8, 4) is 0 Å². The first-order valence-electron chi connectivity index (χ1n) is 7.68. The Labute approximate surface area is 139 Å². The Morgan fingerprint density at radius 1 is 1.46 bits per heavy atom. The number of amidine groups is 1. The standard InChI is InChI=1S/C17H19FN4O2/c1-11-5-3-4-6-13(11)17(7-8-17)16(19)21-24-15(23)14-9-12(10-18)22(2)20-14/h3-6,9H,7-8,10H2,1-2H3,(H2,19,21). The molecule has 0 unspecified atom stereocenters. The van der Waals surface area contributed by atoms with Gasteiger partial charge in [-0.25, -0.2) is 9.18 Å². The molecule has 7 heteroatoms. The summed E-state index contributed by atoms with van der Waals surface area (Å²) in [5, 5.41) is 7.72. The molecule has 0 aliphatic heterocycles. The van der Waals surface area contributed by atoms with Crippen molar-refractivity contribution in [1.29, 1.82) is 0 Å². The molecule has 0 spiro atoms. The van der Waals surface area contributed by atoms with Crippen LogP contribution in [0.2, 0.25) is 0 Å². The van der Waals surface area contributed by atoms with E-state index in [0.29, 0.717) is 0 Å². The van der Waals surface area contributed by atoms with E-state index in [9.17, 15) is 9.18 Å². The number of alkyl halides is 1. The van der Waals surface area contributed by atoms with Gasteiger partial charge in [0.15, 0.2) is 11.5 Å². The van der Waals surface area contributed by atoms with Crippen LogP contribution >= 0.6 is 0 Å². The number of hydrogen-bond acceptors (Lipinski definition) is 4. The van der Waals surface area contributed by atoms with Gasteiger partial charge < -0.3 is 10.6 Å². The summed E-state index contributed by atoms with van der Waals surface area (Å²) in [7, 11) is 1.56. The fourth-order valence-corrected chi connectivity index (χ4v) is 2.85. The molecule has 1 heterocycles. The summed E-state index contributed by atoms with van der Waals surface area (Å²) >= 11 is 0. The van der Waals surface area contributed by atoms with E-state index in [1.807, 2.05) is 31.2 Å². The fourth-order valence-electron chi connectivity index (χ4n) is 2.85. The van der Waals surface area contributed by atoms with Crippen LogP contribution in [0.4, 0.5) is 4.39 Å². The second kappa shape index (κ2) is 6.07. The van der Waals surface area contributed by atoms with E-state index >= 15 is 0 Å². The van der Waals surface area contributed by atoms with Crippen molar-refractivity contribution in [2.45, 2.75) is 31.9 Å². The highest BCUT2D eigenvalue weighted by atomic mass is 19.1. The number of oxime groups is 1. The molecule has 2 aromatic rings. The molecule has 3 rings (SSSR count). The molecule has 2 N–H and O–H groups in total. The summed E-state index contributed by atoms with van der Waals surface area (Å²) in [6, 6.07) is 9.28. The monoisotopic (exact) mass is 330 g/mol. The highest BCUT2D eigenvalue weighted by Crippen LogP contribution is 2.49. The lowest BCUT2D eigenvalue weighted by Crippen LogP contribution is -2.30. The number of aryl methyl sites for hydroxylation is 2. The third kappa shape index (κ3) is 2.77. The maximum Gasteiger partial charge on any atom is 0.385 e. The maximum absolute atomic E-state index is 12.7. The lowest BCUT2D eigenvalue weighted by atomic mass is 9.91. The number of benzene rings is 1. The van der Waals surface area contributed by atoms with E-state index in [4.69, 9.17) is 10.6 Å². The van der Waals surface area contributed by atoms with Gasteiger partial charge in [0, 0.05) is 7.05 Å². The summed E-state index contributed by atoms with van der Waals surface area (Å²) in [5.74, 6) is -0.486. The Balaban J connectivity index is 1.77. The highest BCUT2D eigenvalue weighted by Gasteiger charge is 2.49. The van der Waals surface area contributed by atoms with Crippen LogP contribution in [-0.2, 0) is 24.0 Å². The molecule has 1 aromatic carbocycles. The highest BCUT2D eigenvalue weighted by molar-refractivity contribution is 5.95. The van der Waals surface area contributed by atoms with Gasteiger partial charge in [0.05, 0.1) is 11.1 Å². The molecule has 1 aromatic heterocycles. The van der Waals surface area contributed by atoms with Crippen LogP contribution < -0.4 is 5.73 Å². The van der Waals surface area contributed by atoms with Crippen LogP contribution in [-0.4, -0.2) is 21.6 Å². The summed E-state index contributed by atoms with van der Waals surface area (Å²) in [5.41, 5.74) is 8.24. The zero-order valence-corrected chi connectivity index (χ0v) is 13.6. The zero-order chi connectivity index (χ0) is 17.3. The van der Waals surface area contributed by atoms with Crippen LogP contribution in [0.25, 0.3) is 0 Å². The van der Waals surface area contributed by atoms with Crippen LogP contribution in [0.3, 0.4) is 0 Å². The summed E-state index contributed by atoms with van der Waals surface area (Å²) in [4.78, 5) is 16.9. The molecule has 1 aliphatic rings. The zero-order valence-electron chi connectivity index (χ0n) is 13.6. The minimum atomic E-state index is -0.756. The Hall–Kier alpha value is -2.70. The first-order chi connectivity index (χ1) is 11.5. The van der Waals surface area contributed by atoms with Gasteiger partial charge in [0.1, 0.15) is 6.67 Å². The Bertz CT molecular complexity index is 809. The lowest BCUT2D eigenvalue weighted by molar-refractivity contribution is 0.0506. The van der Waals surface area contributed by atoms with Gasteiger partial charge in [-0.15, -0.1) is 0 Å². The van der Waals surface area contributed by atoms with E-state index < -0.39 is 12.6 Å². The summed E-state index contributed by atoms with van der Waals surface area (Å²) in [6.07, 6.45) is 1.72. The maximum atomic E-state index is 12.7. The predicted molar refractivity (Wildman–Crippen MR) is 87.1 cm³/mol. The van der Waals surface area contributed by atoms with Crippen LogP contribution in [0.1, 0.15) is 40.2 Å². The van der Waals surface area contributed by atoms with E-state index in [-0.39, 0.29) is 22.6 Å². The largest absolute Gasteiger partial charge is 0.385 e. The molecule has 0 radical (unpaired) electrons. The quantitative estimate of drug-likeness (QED) is 0.395. The average Bonchev–Trinajstić information content (AvgIpc) is 3.29. The van der Waals surface area contributed by atoms with E-state index in [0.717, 1.165) is 24.0 Å². The van der Waals surface area contributed by atoms with Gasteiger partial charge in [-0.3, -0.25) is 4.68 Å². The molecular weight excluding hydrogens is 311 g/mol. The normalized spacial score (nSPS) is 16.0. The number of carbonyl (C=O) groups excluding carboxylic acids is 1. The van der Waals surface area contributed by atoms with Crippen molar-refractivity contribution in [1.82, 2.24) is 9.78 Å². The Kier molecular flexibility index (Phi) is 4.09. The number of carbonyl (C=O) groups is 1. The van der Waals surface area contributed by atoms with Crippen LogP contribution in [0.5, 0.6) is 0 Å². The molecule has 6 nitrogen and oxygen atoms in total. The first-order valence-corrected chi connectivity index (χ1v) is 7.68. The number of nitrogens with two attached hydrogens (primary N) is 1. The number of hydrogen-bond donors (Lipinski definition) is 1. The molecule has 1 fully saturated rings. The van der Waals surface area contributed by atoms with E-state index in [2.05, 4.69) is 10.3 Å². The lowest BCUT2D eigenvalue weighted by Gasteiger charge is -2.16. The van der Waals surface area contributed by atoms with Gasteiger partial charge in [-0.1, -0.05) is 29.4 Å². The molecular formula is C17H19FN4O2. The molecule has 126 valence electrons. The van der Waals surface area contributed by atoms with Crippen LogP contribution in [0.15, 0.2) is 35.5 Å². The van der Waals surface area contributed by atoms with Crippen molar-refractivity contribution < 1.29 is 14.0 Å². The SMILES string of the molecule is Cc1ccccc1C1(/C(N)=N/OC(=O)c2cc(CF)n(C)n2)CC1. The van der Waals surface area contributed by atoms with Gasteiger partial charge in [0.25, 0.3) is 0 Å². The number of halogens is 1. The minimum absolute atomic E-state index is 0.00226. The minimum Gasteiger partial charge on any atom is -0.384 e. The second-order valence-corrected chi connectivity index (χ2v) is 6.03. The first kappa shape index (κ1) is 16.2. The molecule has 24 heavy (non-hydrogen) atoms. The molecule has 0 amide bonds. The van der Waals surface area contributed by atoms with E-state index in [1.54, 1.807) is 7.05 Å². The smallest absolute Gasteiger partial charge is 0.384 e. The average molecular weight is 330 g/mol. The number of rotatable bonds is 5. The number of aromatic nitrogens is 2. The van der Waals surface area contributed by atoms with Crippen molar-refractivity contribution in [3.63, 3.8) is 0 Å². The van der Waals surface area contributed by atoms with Gasteiger partial charge >= 0.3 is 5.97 Å². The molecule has 0 atom stereocenters. The fraction of sp³-hybridized carbons (Fsp3) is 0.353. The van der Waals surface area contributed by atoms with Crippen molar-refractivity contribution in [3.05, 3.63) is 52.8 Å². The third-order valence-corrected chi connectivity index (χ3v) is 4.45. The third-order valence-electron chi connectivity index (χ3n) is 4.45. The van der Waals surface area contributed by atoms with Crippen LogP contribution in [0, 0.1) is 6.92 Å². The number of nitrogens with zero attached hydrogens (tertiary/aromatic N) is 3. The molecule has 1 saturated carbocycles. The molecule has 0 saturated heterocycles. The Morgan fingerprint density at radius 3 is 2.75 bits per heavy atom. The topological polar surface area (TPSA) is 82.5 Å². The molecule has 0 bridgehead atoms. The van der Waals surface area contributed by atoms with Crippen molar-refractivity contribution in [2.24, 2.45) is 17.9 Å². The summed E-state index contributed by atoms with van der Waals surface area (Å²) < 4.78 is 14.0. The Morgan fingerprint density at radius 2 is 2.17 bits per heavy atom. The van der Waals surface area contributed by atoms with Crippen molar-refractivity contribution in [2.75, 3.05) is 0 Å².